The van der Waals surface area contributed by atoms with Gasteiger partial charge in [-0.3, -0.25) is 0 Å². The van der Waals surface area contributed by atoms with Crippen molar-refractivity contribution in [3.05, 3.63) is 59.8 Å². The molecule has 138 valence electrons. The Balaban J connectivity index is 1.63. The molecule has 1 aromatic carbocycles. The fourth-order valence-electron chi connectivity index (χ4n) is 3.27. The number of aryl methyl sites for hydroxylation is 1. The van der Waals surface area contributed by atoms with Crippen molar-refractivity contribution >= 4 is 11.9 Å². The summed E-state index contributed by atoms with van der Waals surface area (Å²) >= 11 is 0. The van der Waals surface area contributed by atoms with E-state index in [-0.39, 0.29) is 12.1 Å². The van der Waals surface area contributed by atoms with Gasteiger partial charge in [0, 0.05) is 25.8 Å². The Morgan fingerprint density at radius 1 is 1.19 bits per heavy atom. The van der Waals surface area contributed by atoms with Crippen LogP contribution in [0.3, 0.4) is 0 Å². The SMILES string of the molecule is Cc1ccc(N2CCN(C(=O)OCc3ccccc3)C[C@H]2C(C)C)nc1. The average Bonchev–Trinajstić information content (AvgIpc) is 2.67. The van der Waals surface area contributed by atoms with Crippen molar-refractivity contribution in [3.63, 3.8) is 0 Å². The Labute approximate surface area is 155 Å². The van der Waals surface area contributed by atoms with Gasteiger partial charge in [-0.1, -0.05) is 50.2 Å². The monoisotopic (exact) mass is 353 g/mol. The maximum Gasteiger partial charge on any atom is 0.410 e. The molecule has 0 bridgehead atoms. The number of benzene rings is 1. The fourth-order valence-corrected chi connectivity index (χ4v) is 3.27. The molecule has 1 atom stereocenters. The van der Waals surface area contributed by atoms with Crippen molar-refractivity contribution in [2.45, 2.75) is 33.4 Å². The predicted molar refractivity (Wildman–Crippen MR) is 103 cm³/mol. The van der Waals surface area contributed by atoms with Crippen molar-refractivity contribution in [3.8, 4) is 0 Å². The van der Waals surface area contributed by atoms with Crippen LogP contribution in [0, 0.1) is 12.8 Å². The summed E-state index contributed by atoms with van der Waals surface area (Å²) in [5.74, 6) is 1.38. The van der Waals surface area contributed by atoms with E-state index < -0.39 is 0 Å². The third kappa shape index (κ3) is 4.34. The molecular weight excluding hydrogens is 326 g/mol. The highest BCUT2D eigenvalue weighted by Gasteiger charge is 2.32. The number of rotatable bonds is 4. The first-order valence-electron chi connectivity index (χ1n) is 9.19. The molecule has 0 saturated carbocycles. The van der Waals surface area contributed by atoms with Crippen molar-refractivity contribution in [2.24, 2.45) is 5.92 Å². The van der Waals surface area contributed by atoms with Gasteiger partial charge < -0.3 is 14.5 Å². The van der Waals surface area contributed by atoms with Crippen LogP contribution >= 0.6 is 0 Å². The minimum atomic E-state index is -0.240. The highest BCUT2D eigenvalue weighted by atomic mass is 16.6. The molecule has 0 N–H and O–H groups in total. The summed E-state index contributed by atoms with van der Waals surface area (Å²) < 4.78 is 5.51. The van der Waals surface area contributed by atoms with Crippen LogP contribution in [0.5, 0.6) is 0 Å². The lowest BCUT2D eigenvalue weighted by Gasteiger charge is -2.43. The van der Waals surface area contributed by atoms with Gasteiger partial charge in [-0.2, -0.15) is 0 Å². The minimum Gasteiger partial charge on any atom is -0.445 e. The van der Waals surface area contributed by atoms with Crippen molar-refractivity contribution in [1.29, 1.82) is 0 Å². The molecular formula is C21H27N3O2. The van der Waals surface area contributed by atoms with Crippen LogP contribution in [0.15, 0.2) is 48.7 Å². The number of pyridine rings is 1. The molecule has 5 heteroatoms. The van der Waals surface area contributed by atoms with Gasteiger partial charge in [0.05, 0.1) is 6.04 Å². The number of hydrogen-bond acceptors (Lipinski definition) is 4. The number of amides is 1. The molecule has 1 amide bonds. The highest BCUT2D eigenvalue weighted by molar-refractivity contribution is 5.68. The van der Waals surface area contributed by atoms with Gasteiger partial charge in [0.2, 0.25) is 0 Å². The van der Waals surface area contributed by atoms with E-state index in [2.05, 4.69) is 35.9 Å². The maximum absolute atomic E-state index is 12.5. The first kappa shape index (κ1) is 18.2. The lowest BCUT2D eigenvalue weighted by molar-refractivity contribution is 0.0858. The Bertz CT molecular complexity index is 716. The standard InChI is InChI=1S/C21H27N3O2/c1-16(2)19-14-23(21(25)26-15-18-7-5-4-6-8-18)11-12-24(19)20-10-9-17(3)13-22-20/h4-10,13,16,19H,11-12,14-15H2,1-3H3/t19-/m0/s1. The van der Waals surface area contributed by atoms with Crippen LogP contribution in [0.1, 0.15) is 25.0 Å². The summed E-state index contributed by atoms with van der Waals surface area (Å²) in [7, 11) is 0. The van der Waals surface area contributed by atoms with Crippen LogP contribution < -0.4 is 4.90 Å². The van der Waals surface area contributed by atoms with Gasteiger partial charge in [-0.05, 0) is 30.0 Å². The summed E-state index contributed by atoms with van der Waals surface area (Å²) in [6.45, 7) is 8.78. The molecule has 1 saturated heterocycles. The Morgan fingerprint density at radius 2 is 1.96 bits per heavy atom. The smallest absolute Gasteiger partial charge is 0.410 e. The zero-order chi connectivity index (χ0) is 18.5. The number of ether oxygens (including phenoxy) is 1. The van der Waals surface area contributed by atoms with Gasteiger partial charge in [0.25, 0.3) is 0 Å². The van der Waals surface area contributed by atoms with E-state index in [4.69, 9.17) is 4.74 Å². The van der Waals surface area contributed by atoms with Gasteiger partial charge in [-0.25, -0.2) is 9.78 Å². The van der Waals surface area contributed by atoms with Crippen molar-refractivity contribution in [1.82, 2.24) is 9.88 Å². The van der Waals surface area contributed by atoms with Crippen LogP contribution in [0.2, 0.25) is 0 Å². The first-order valence-corrected chi connectivity index (χ1v) is 9.19. The summed E-state index contributed by atoms with van der Waals surface area (Å²) in [5, 5.41) is 0. The third-order valence-electron chi connectivity index (χ3n) is 4.84. The molecule has 1 aliphatic heterocycles. The number of carbonyl (C=O) groups is 1. The fraction of sp³-hybridized carbons (Fsp3) is 0.429. The number of carbonyl (C=O) groups excluding carboxylic acids is 1. The van der Waals surface area contributed by atoms with Crippen LogP contribution in [0.4, 0.5) is 10.6 Å². The number of hydrogen-bond donors (Lipinski definition) is 0. The van der Waals surface area contributed by atoms with Crippen LogP contribution in [-0.4, -0.2) is 41.7 Å². The van der Waals surface area contributed by atoms with Crippen LogP contribution in [0.25, 0.3) is 0 Å². The third-order valence-corrected chi connectivity index (χ3v) is 4.84. The maximum atomic E-state index is 12.5. The molecule has 26 heavy (non-hydrogen) atoms. The normalized spacial score (nSPS) is 17.5. The summed E-state index contributed by atoms with van der Waals surface area (Å²) in [6.07, 6.45) is 1.66. The molecule has 1 fully saturated rings. The molecule has 0 radical (unpaired) electrons. The van der Waals surface area contributed by atoms with Crippen molar-refractivity contribution in [2.75, 3.05) is 24.5 Å². The second-order valence-corrected chi connectivity index (χ2v) is 7.18. The minimum absolute atomic E-state index is 0.225. The largest absolute Gasteiger partial charge is 0.445 e. The number of piperazine rings is 1. The Morgan fingerprint density at radius 3 is 2.62 bits per heavy atom. The van der Waals surface area contributed by atoms with E-state index in [0.717, 1.165) is 23.5 Å². The van der Waals surface area contributed by atoms with E-state index in [1.165, 1.54) is 0 Å². The summed E-state index contributed by atoms with van der Waals surface area (Å²) in [5.41, 5.74) is 2.15. The first-order chi connectivity index (χ1) is 12.5. The van der Waals surface area contributed by atoms with E-state index in [1.807, 2.05) is 48.4 Å². The topological polar surface area (TPSA) is 45.7 Å². The highest BCUT2D eigenvalue weighted by Crippen LogP contribution is 2.23. The summed E-state index contributed by atoms with van der Waals surface area (Å²) in [6, 6.07) is 14.2. The van der Waals surface area contributed by atoms with E-state index in [0.29, 0.717) is 25.6 Å². The lowest BCUT2D eigenvalue weighted by atomic mass is 9.99. The summed E-state index contributed by atoms with van der Waals surface area (Å²) in [4.78, 5) is 21.2. The average molecular weight is 353 g/mol. The molecule has 0 spiro atoms. The zero-order valence-corrected chi connectivity index (χ0v) is 15.8. The van der Waals surface area contributed by atoms with Gasteiger partial charge in [-0.15, -0.1) is 0 Å². The lowest BCUT2D eigenvalue weighted by Crippen LogP contribution is -2.57. The molecule has 5 nitrogen and oxygen atoms in total. The molecule has 2 aromatic rings. The van der Waals surface area contributed by atoms with E-state index in [1.54, 1.807) is 0 Å². The molecule has 0 unspecified atom stereocenters. The van der Waals surface area contributed by atoms with Crippen molar-refractivity contribution < 1.29 is 9.53 Å². The second-order valence-electron chi connectivity index (χ2n) is 7.18. The van der Waals surface area contributed by atoms with Gasteiger partial charge >= 0.3 is 6.09 Å². The van der Waals surface area contributed by atoms with E-state index >= 15 is 0 Å². The second kappa shape index (κ2) is 8.21. The molecule has 1 aliphatic rings. The Kier molecular flexibility index (Phi) is 5.76. The van der Waals surface area contributed by atoms with Gasteiger partial charge in [0.15, 0.2) is 0 Å². The molecule has 2 heterocycles. The molecule has 3 rings (SSSR count). The van der Waals surface area contributed by atoms with Crippen LogP contribution in [-0.2, 0) is 11.3 Å². The predicted octanol–water partition coefficient (Wildman–Crippen LogP) is 3.87. The van der Waals surface area contributed by atoms with E-state index in [9.17, 15) is 4.79 Å². The van der Waals surface area contributed by atoms with Gasteiger partial charge in [0.1, 0.15) is 12.4 Å². The number of anilines is 1. The molecule has 1 aromatic heterocycles. The zero-order valence-electron chi connectivity index (χ0n) is 15.8. The Hall–Kier alpha value is -2.56. The number of nitrogens with zero attached hydrogens (tertiary/aromatic N) is 3. The molecule has 0 aliphatic carbocycles. The quantitative estimate of drug-likeness (QED) is 0.837. The number of aromatic nitrogens is 1.